The van der Waals surface area contributed by atoms with Crippen LogP contribution in [-0.4, -0.2) is 64.8 Å². The van der Waals surface area contributed by atoms with E-state index in [0.29, 0.717) is 17.5 Å². The molecule has 0 spiro atoms. The minimum absolute atomic E-state index is 0.0649. The zero-order valence-electron chi connectivity index (χ0n) is 14.5. The van der Waals surface area contributed by atoms with Gasteiger partial charge in [-0.25, -0.2) is 4.68 Å². The van der Waals surface area contributed by atoms with Crippen molar-refractivity contribution in [2.24, 2.45) is 0 Å². The Morgan fingerprint density at radius 1 is 1.12 bits per heavy atom. The summed E-state index contributed by atoms with van der Waals surface area (Å²) in [5.41, 5.74) is 1.28. The monoisotopic (exact) mass is 328 g/mol. The maximum atomic E-state index is 12.9. The van der Waals surface area contributed by atoms with Crippen molar-refractivity contribution >= 4 is 5.91 Å². The Morgan fingerprint density at radius 2 is 1.79 bits per heavy atom. The summed E-state index contributed by atoms with van der Waals surface area (Å²) in [6.07, 6.45) is 1.76. The average molecular weight is 328 g/mol. The van der Waals surface area contributed by atoms with Crippen LogP contribution in [0.25, 0.3) is 5.69 Å². The van der Waals surface area contributed by atoms with E-state index in [-0.39, 0.29) is 5.91 Å². The minimum Gasteiger partial charge on any atom is -0.493 e. The molecule has 128 valence electrons. The molecule has 1 saturated heterocycles. The first-order valence-corrected chi connectivity index (χ1v) is 8.32. The summed E-state index contributed by atoms with van der Waals surface area (Å²) in [5, 5.41) is 4.47. The van der Waals surface area contributed by atoms with Crippen molar-refractivity contribution in [3.8, 4) is 11.4 Å². The number of methoxy groups -OCH3 is 1. The van der Waals surface area contributed by atoms with Gasteiger partial charge in [0, 0.05) is 32.2 Å². The number of carbonyl (C=O) groups excluding carboxylic acids is 1. The third kappa shape index (κ3) is 3.28. The fourth-order valence-corrected chi connectivity index (χ4v) is 2.96. The lowest BCUT2D eigenvalue weighted by Gasteiger charge is -2.36. The van der Waals surface area contributed by atoms with Crippen molar-refractivity contribution in [3.05, 3.63) is 42.2 Å². The number of para-hydroxylation sites is 1. The van der Waals surface area contributed by atoms with Gasteiger partial charge in [0.05, 0.1) is 19.0 Å². The quantitative estimate of drug-likeness (QED) is 0.862. The number of nitrogens with zero attached hydrogens (tertiary/aromatic N) is 4. The molecule has 0 atom stereocenters. The molecule has 0 unspecified atom stereocenters. The van der Waals surface area contributed by atoms with E-state index in [9.17, 15) is 4.79 Å². The fraction of sp³-hybridized carbons (Fsp3) is 0.444. The molecular weight excluding hydrogens is 304 g/mol. The summed E-state index contributed by atoms with van der Waals surface area (Å²) in [5.74, 6) is 0.445. The number of carbonyl (C=O) groups is 1. The lowest BCUT2D eigenvalue weighted by Crippen LogP contribution is -2.50. The van der Waals surface area contributed by atoms with E-state index in [1.54, 1.807) is 18.0 Å². The van der Waals surface area contributed by atoms with Crippen molar-refractivity contribution in [2.75, 3.05) is 33.3 Å². The standard InChI is InChI=1S/C18H24N4O2/c1-14(2)20-9-11-21(12-10-20)18(23)17-16(24-3)13-22(19-17)15-7-5-4-6-8-15/h4-8,13-14H,9-12H2,1-3H3. The van der Waals surface area contributed by atoms with Gasteiger partial charge in [0.2, 0.25) is 0 Å². The number of amides is 1. The molecule has 1 aliphatic rings. The highest BCUT2D eigenvalue weighted by molar-refractivity contribution is 5.95. The largest absolute Gasteiger partial charge is 0.493 e. The van der Waals surface area contributed by atoms with Gasteiger partial charge in [-0.1, -0.05) is 18.2 Å². The normalized spacial score (nSPS) is 15.8. The number of hydrogen-bond donors (Lipinski definition) is 0. The van der Waals surface area contributed by atoms with Gasteiger partial charge in [-0.3, -0.25) is 9.69 Å². The van der Waals surface area contributed by atoms with Gasteiger partial charge in [-0.05, 0) is 26.0 Å². The van der Waals surface area contributed by atoms with Gasteiger partial charge >= 0.3 is 0 Å². The third-order valence-corrected chi connectivity index (χ3v) is 4.46. The summed E-state index contributed by atoms with van der Waals surface area (Å²) in [6.45, 7) is 7.59. The summed E-state index contributed by atoms with van der Waals surface area (Å²) < 4.78 is 7.07. The number of hydrogen-bond acceptors (Lipinski definition) is 4. The van der Waals surface area contributed by atoms with E-state index in [0.717, 1.165) is 31.9 Å². The number of ether oxygens (including phenoxy) is 1. The van der Waals surface area contributed by atoms with E-state index >= 15 is 0 Å². The molecule has 1 aromatic carbocycles. The molecule has 24 heavy (non-hydrogen) atoms. The zero-order valence-corrected chi connectivity index (χ0v) is 14.5. The zero-order chi connectivity index (χ0) is 17.1. The van der Waals surface area contributed by atoms with Gasteiger partial charge in [0.1, 0.15) is 0 Å². The van der Waals surface area contributed by atoms with Crippen LogP contribution < -0.4 is 4.74 Å². The van der Waals surface area contributed by atoms with Crippen LogP contribution in [0.3, 0.4) is 0 Å². The van der Waals surface area contributed by atoms with Crippen LogP contribution in [-0.2, 0) is 0 Å². The molecule has 0 bridgehead atoms. The van der Waals surface area contributed by atoms with Crippen molar-refractivity contribution in [1.29, 1.82) is 0 Å². The number of piperazine rings is 1. The summed E-state index contributed by atoms with van der Waals surface area (Å²) >= 11 is 0. The number of benzene rings is 1. The minimum atomic E-state index is -0.0649. The molecule has 6 heteroatoms. The lowest BCUT2D eigenvalue weighted by molar-refractivity contribution is 0.0586. The first-order valence-electron chi connectivity index (χ1n) is 8.32. The first kappa shape index (κ1) is 16.5. The molecule has 0 aliphatic carbocycles. The lowest BCUT2D eigenvalue weighted by atomic mass is 10.2. The fourth-order valence-electron chi connectivity index (χ4n) is 2.96. The second kappa shape index (κ2) is 7.05. The van der Waals surface area contributed by atoms with E-state index in [1.165, 1.54) is 0 Å². The number of rotatable bonds is 4. The summed E-state index contributed by atoms with van der Waals surface area (Å²) in [4.78, 5) is 17.1. The van der Waals surface area contributed by atoms with E-state index < -0.39 is 0 Å². The highest BCUT2D eigenvalue weighted by Gasteiger charge is 2.27. The Bertz CT molecular complexity index is 688. The van der Waals surface area contributed by atoms with Gasteiger partial charge in [0.15, 0.2) is 11.4 Å². The van der Waals surface area contributed by atoms with Crippen LogP contribution in [0, 0.1) is 0 Å². The molecule has 0 N–H and O–H groups in total. The van der Waals surface area contributed by atoms with Crippen molar-refractivity contribution in [1.82, 2.24) is 19.6 Å². The van der Waals surface area contributed by atoms with Crippen LogP contribution in [0.1, 0.15) is 24.3 Å². The van der Waals surface area contributed by atoms with Gasteiger partial charge in [0.25, 0.3) is 5.91 Å². The van der Waals surface area contributed by atoms with Crippen molar-refractivity contribution < 1.29 is 9.53 Å². The topological polar surface area (TPSA) is 50.6 Å². The van der Waals surface area contributed by atoms with E-state index in [4.69, 9.17) is 4.74 Å². The first-order chi connectivity index (χ1) is 11.6. The predicted octanol–water partition coefficient (Wildman–Crippen LogP) is 2.05. The predicted molar refractivity (Wildman–Crippen MR) is 92.7 cm³/mol. The molecule has 6 nitrogen and oxygen atoms in total. The van der Waals surface area contributed by atoms with Gasteiger partial charge < -0.3 is 9.64 Å². The van der Waals surface area contributed by atoms with Crippen LogP contribution in [0.5, 0.6) is 5.75 Å². The van der Waals surface area contributed by atoms with Gasteiger partial charge in [-0.15, -0.1) is 0 Å². The summed E-state index contributed by atoms with van der Waals surface area (Å²) in [6, 6.07) is 10.2. The Morgan fingerprint density at radius 3 is 2.38 bits per heavy atom. The molecule has 2 heterocycles. The molecule has 0 radical (unpaired) electrons. The molecule has 1 aliphatic heterocycles. The summed E-state index contributed by atoms with van der Waals surface area (Å²) in [7, 11) is 1.57. The van der Waals surface area contributed by atoms with Crippen LogP contribution >= 0.6 is 0 Å². The van der Waals surface area contributed by atoms with Crippen LogP contribution in [0.15, 0.2) is 36.5 Å². The third-order valence-electron chi connectivity index (χ3n) is 4.46. The maximum absolute atomic E-state index is 12.9. The SMILES string of the molecule is COc1cn(-c2ccccc2)nc1C(=O)N1CCN(C(C)C)CC1. The van der Waals surface area contributed by atoms with E-state index in [2.05, 4.69) is 23.8 Å². The Hall–Kier alpha value is -2.34. The second-order valence-electron chi connectivity index (χ2n) is 6.25. The molecule has 0 saturated carbocycles. The average Bonchev–Trinajstić information content (AvgIpc) is 3.06. The smallest absolute Gasteiger partial charge is 0.278 e. The van der Waals surface area contributed by atoms with Crippen molar-refractivity contribution in [3.63, 3.8) is 0 Å². The molecular formula is C18H24N4O2. The van der Waals surface area contributed by atoms with E-state index in [1.807, 2.05) is 35.2 Å². The Labute approximate surface area is 142 Å². The van der Waals surface area contributed by atoms with Gasteiger partial charge in [-0.2, -0.15) is 5.10 Å². The highest BCUT2D eigenvalue weighted by atomic mass is 16.5. The molecule has 1 amide bonds. The maximum Gasteiger partial charge on any atom is 0.278 e. The van der Waals surface area contributed by atoms with Crippen LogP contribution in [0.4, 0.5) is 0 Å². The second-order valence-corrected chi connectivity index (χ2v) is 6.25. The Kier molecular flexibility index (Phi) is 4.85. The van der Waals surface area contributed by atoms with Crippen LogP contribution in [0.2, 0.25) is 0 Å². The Balaban J connectivity index is 1.79. The molecule has 1 aromatic heterocycles. The highest BCUT2D eigenvalue weighted by Crippen LogP contribution is 2.21. The van der Waals surface area contributed by atoms with Crippen molar-refractivity contribution in [2.45, 2.75) is 19.9 Å². The molecule has 3 rings (SSSR count). The molecule has 2 aromatic rings. The molecule has 1 fully saturated rings. The number of aromatic nitrogens is 2.